The molecule has 0 bridgehead atoms. The van der Waals surface area contributed by atoms with Gasteiger partial charge in [-0.15, -0.1) is 11.3 Å². The molecule has 0 saturated heterocycles. The summed E-state index contributed by atoms with van der Waals surface area (Å²) >= 11 is 1.25. The number of anilines is 1. The lowest BCUT2D eigenvalue weighted by Crippen LogP contribution is -2.26. The van der Waals surface area contributed by atoms with Gasteiger partial charge in [-0.1, -0.05) is 6.07 Å². The number of nitrogens with two attached hydrogens (primary N) is 1. The van der Waals surface area contributed by atoms with E-state index in [4.69, 9.17) is 5.73 Å². The van der Waals surface area contributed by atoms with Gasteiger partial charge in [0.1, 0.15) is 5.69 Å². The predicted octanol–water partition coefficient (Wildman–Crippen LogP) is 1.61. The van der Waals surface area contributed by atoms with Crippen LogP contribution >= 0.6 is 11.3 Å². The fourth-order valence-corrected chi connectivity index (χ4v) is 1.92. The Balaban J connectivity index is 2.04. The second kappa shape index (κ2) is 4.92. The number of hydrogen-bond acceptors (Lipinski definition) is 5. The SMILES string of the molecule is C[C@H](NC(=O)c1csc(N)n1)c1cccnc1. The number of aromatic nitrogens is 2. The number of nitrogen functional groups attached to an aromatic ring is 1. The van der Waals surface area contributed by atoms with Crippen LogP contribution < -0.4 is 11.1 Å². The number of carbonyl (C=O) groups is 1. The van der Waals surface area contributed by atoms with Gasteiger partial charge in [0.05, 0.1) is 6.04 Å². The van der Waals surface area contributed by atoms with Crippen molar-refractivity contribution in [2.24, 2.45) is 0 Å². The molecule has 2 heterocycles. The molecule has 2 aromatic rings. The fraction of sp³-hybridized carbons (Fsp3) is 0.182. The lowest BCUT2D eigenvalue weighted by atomic mass is 10.1. The summed E-state index contributed by atoms with van der Waals surface area (Å²) in [6.07, 6.45) is 3.42. The van der Waals surface area contributed by atoms with Crippen molar-refractivity contribution < 1.29 is 4.79 Å². The average molecular weight is 248 g/mol. The molecular formula is C11H12N4OS. The maximum atomic E-state index is 11.8. The van der Waals surface area contributed by atoms with Crippen molar-refractivity contribution in [1.82, 2.24) is 15.3 Å². The van der Waals surface area contributed by atoms with Crippen molar-refractivity contribution >= 4 is 22.4 Å². The van der Waals surface area contributed by atoms with Gasteiger partial charge in [-0.25, -0.2) is 4.98 Å². The van der Waals surface area contributed by atoms with Crippen LogP contribution in [0.3, 0.4) is 0 Å². The van der Waals surface area contributed by atoms with Crippen molar-refractivity contribution in [3.05, 3.63) is 41.2 Å². The fourth-order valence-electron chi connectivity index (χ4n) is 1.38. The monoisotopic (exact) mass is 248 g/mol. The average Bonchev–Trinajstić information content (AvgIpc) is 2.77. The molecule has 5 nitrogen and oxygen atoms in total. The molecule has 0 aliphatic heterocycles. The number of hydrogen-bond donors (Lipinski definition) is 2. The van der Waals surface area contributed by atoms with E-state index in [0.717, 1.165) is 5.56 Å². The van der Waals surface area contributed by atoms with Gasteiger partial charge in [0.25, 0.3) is 5.91 Å². The van der Waals surface area contributed by atoms with Crippen LogP contribution in [0.2, 0.25) is 0 Å². The number of pyridine rings is 1. The van der Waals surface area contributed by atoms with Crippen molar-refractivity contribution in [3.8, 4) is 0 Å². The quantitative estimate of drug-likeness (QED) is 0.864. The maximum Gasteiger partial charge on any atom is 0.271 e. The molecule has 0 spiro atoms. The number of nitrogens with zero attached hydrogens (tertiary/aromatic N) is 2. The van der Waals surface area contributed by atoms with Crippen LogP contribution in [-0.2, 0) is 0 Å². The highest BCUT2D eigenvalue weighted by molar-refractivity contribution is 7.13. The molecule has 0 radical (unpaired) electrons. The summed E-state index contributed by atoms with van der Waals surface area (Å²) in [5.74, 6) is -0.227. The van der Waals surface area contributed by atoms with Crippen LogP contribution in [0.1, 0.15) is 29.0 Å². The second-order valence-electron chi connectivity index (χ2n) is 3.55. The Hall–Kier alpha value is -1.95. The van der Waals surface area contributed by atoms with Crippen molar-refractivity contribution in [3.63, 3.8) is 0 Å². The molecule has 88 valence electrons. The zero-order valence-corrected chi connectivity index (χ0v) is 10.1. The number of thiazole rings is 1. The van der Waals surface area contributed by atoms with Crippen LogP contribution in [-0.4, -0.2) is 15.9 Å². The molecule has 3 N–H and O–H groups in total. The first-order valence-corrected chi connectivity index (χ1v) is 5.96. The highest BCUT2D eigenvalue weighted by Crippen LogP contribution is 2.14. The Morgan fingerprint density at radius 2 is 2.41 bits per heavy atom. The van der Waals surface area contributed by atoms with Crippen LogP contribution in [0.15, 0.2) is 29.9 Å². The van der Waals surface area contributed by atoms with Crippen molar-refractivity contribution in [2.45, 2.75) is 13.0 Å². The summed E-state index contributed by atoms with van der Waals surface area (Å²) < 4.78 is 0. The Morgan fingerprint density at radius 3 is 3.00 bits per heavy atom. The van der Waals surface area contributed by atoms with Crippen LogP contribution in [0.25, 0.3) is 0 Å². The van der Waals surface area contributed by atoms with Gasteiger partial charge in [-0.2, -0.15) is 0 Å². The van der Waals surface area contributed by atoms with Crippen LogP contribution in [0, 0.1) is 0 Å². The van der Waals surface area contributed by atoms with Gasteiger partial charge in [-0.3, -0.25) is 9.78 Å². The summed E-state index contributed by atoms with van der Waals surface area (Å²) in [5.41, 5.74) is 6.77. The topological polar surface area (TPSA) is 80.9 Å². The maximum absolute atomic E-state index is 11.8. The molecule has 0 fully saturated rings. The minimum Gasteiger partial charge on any atom is -0.375 e. The Bertz CT molecular complexity index is 511. The molecule has 1 atom stereocenters. The highest BCUT2D eigenvalue weighted by Gasteiger charge is 2.13. The highest BCUT2D eigenvalue weighted by atomic mass is 32.1. The Morgan fingerprint density at radius 1 is 1.59 bits per heavy atom. The standard InChI is InChI=1S/C11H12N4OS/c1-7(8-3-2-4-13-5-8)14-10(16)9-6-17-11(12)15-9/h2-7H,1H3,(H2,12,15)(H,14,16)/t7-/m0/s1. The predicted molar refractivity (Wildman–Crippen MR) is 66.6 cm³/mol. The Labute approximate surface area is 103 Å². The molecule has 0 aliphatic carbocycles. The van der Waals surface area contributed by atoms with E-state index in [2.05, 4.69) is 15.3 Å². The molecular weight excluding hydrogens is 236 g/mol. The van der Waals surface area contributed by atoms with E-state index in [1.807, 2.05) is 19.1 Å². The molecule has 0 aromatic carbocycles. The van der Waals surface area contributed by atoms with E-state index in [1.54, 1.807) is 17.8 Å². The zero-order valence-electron chi connectivity index (χ0n) is 9.25. The largest absolute Gasteiger partial charge is 0.375 e. The summed E-state index contributed by atoms with van der Waals surface area (Å²) in [5, 5.41) is 4.87. The van der Waals surface area contributed by atoms with E-state index in [9.17, 15) is 4.79 Å². The van der Waals surface area contributed by atoms with Gasteiger partial charge < -0.3 is 11.1 Å². The summed E-state index contributed by atoms with van der Waals surface area (Å²) in [4.78, 5) is 19.7. The molecule has 0 aliphatic rings. The van der Waals surface area contributed by atoms with Crippen LogP contribution in [0.5, 0.6) is 0 Å². The first-order chi connectivity index (χ1) is 8.16. The van der Waals surface area contributed by atoms with E-state index < -0.39 is 0 Å². The normalized spacial score (nSPS) is 12.1. The van der Waals surface area contributed by atoms with Crippen LogP contribution in [0.4, 0.5) is 5.13 Å². The lowest BCUT2D eigenvalue weighted by Gasteiger charge is -2.12. The third-order valence-electron chi connectivity index (χ3n) is 2.29. The van der Waals surface area contributed by atoms with Gasteiger partial charge in [0.2, 0.25) is 0 Å². The molecule has 6 heteroatoms. The van der Waals surface area contributed by atoms with E-state index in [1.165, 1.54) is 11.3 Å². The molecule has 2 rings (SSSR count). The minimum absolute atomic E-state index is 0.112. The molecule has 0 unspecified atom stereocenters. The smallest absolute Gasteiger partial charge is 0.271 e. The van der Waals surface area contributed by atoms with Gasteiger partial charge in [-0.05, 0) is 18.6 Å². The van der Waals surface area contributed by atoms with Gasteiger partial charge in [0, 0.05) is 17.8 Å². The number of nitrogens with one attached hydrogen (secondary N) is 1. The summed E-state index contributed by atoms with van der Waals surface area (Å²) in [6, 6.07) is 3.63. The van der Waals surface area contributed by atoms with Gasteiger partial charge in [0.15, 0.2) is 5.13 Å². The third-order valence-corrected chi connectivity index (χ3v) is 2.96. The summed E-state index contributed by atoms with van der Waals surface area (Å²) in [6.45, 7) is 1.89. The molecule has 2 aromatic heterocycles. The zero-order chi connectivity index (χ0) is 12.3. The summed E-state index contributed by atoms with van der Waals surface area (Å²) in [7, 11) is 0. The first kappa shape index (κ1) is 11.5. The number of rotatable bonds is 3. The van der Waals surface area contributed by atoms with E-state index in [-0.39, 0.29) is 11.9 Å². The molecule has 0 saturated carbocycles. The number of carbonyl (C=O) groups excluding carboxylic acids is 1. The first-order valence-electron chi connectivity index (χ1n) is 5.08. The third kappa shape index (κ3) is 2.79. The lowest BCUT2D eigenvalue weighted by molar-refractivity contribution is 0.0935. The van der Waals surface area contributed by atoms with Crippen molar-refractivity contribution in [2.75, 3.05) is 5.73 Å². The molecule has 17 heavy (non-hydrogen) atoms. The minimum atomic E-state index is -0.227. The number of amides is 1. The van der Waals surface area contributed by atoms with Crippen molar-refractivity contribution in [1.29, 1.82) is 0 Å². The van der Waals surface area contributed by atoms with E-state index >= 15 is 0 Å². The molecule has 1 amide bonds. The Kier molecular flexibility index (Phi) is 3.34. The van der Waals surface area contributed by atoms with Gasteiger partial charge >= 0.3 is 0 Å². The van der Waals surface area contributed by atoms with E-state index in [0.29, 0.717) is 10.8 Å². The second-order valence-corrected chi connectivity index (χ2v) is 4.44.